The van der Waals surface area contributed by atoms with Crippen molar-refractivity contribution in [3.05, 3.63) is 117 Å². The smallest absolute Gasteiger partial charge is 0.273 e. The number of nitro groups is 1. The zero-order valence-electron chi connectivity index (χ0n) is 17.4. The number of carbonyl (C=O) groups excluding carboxylic acids is 1. The number of hydrogen-bond acceptors (Lipinski definition) is 4. The molecule has 1 aliphatic rings. The normalized spacial score (nSPS) is 15.1. The van der Waals surface area contributed by atoms with Gasteiger partial charge in [0.1, 0.15) is 5.69 Å². The summed E-state index contributed by atoms with van der Waals surface area (Å²) in [6.45, 7) is 2.44. The van der Waals surface area contributed by atoms with Crippen LogP contribution in [-0.4, -0.2) is 25.9 Å². The molecule has 0 aliphatic carbocycles. The van der Waals surface area contributed by atoms with E-state index in [-0.39, 0.29) is 11.6 Å². The van der Waals surface area contributed by atoms with Crippen LogP contribution in [0.3, 0.4) is 0 Å². The van der Waals surface area contributed by atoms with E-state index in [0.717, 1.165) is 27.8 Å². The Morgan fingerprint density at radius 2 is 1.69 bits per heavy atom. The summed E-state index contributed by atoms with van der Waals surface area (Å²) >= 11 is 0. The van der Waals surface area contributed by atoms with Gasteiger partial charge in [0.2, 0.25) is 0 Å². The molecule has 1 unspecified atom stereocenters. The first kappa shape index (κ1) is 19.7. The van der Waals surface area contributed by atoms with Gasteiger partial charge in [0.05, 0.1) is 16.7 Å². The van der Waals surface area contributed by atoms with Crippen molar-refractivity contribution in [2.24, 2.45) is 0 Å². The van der Waals surface area contributed by atoms with Gasteiger partial charge in [-0.1, -0.05) is 60.2 Å². The molecule has 5 rings (SSSR count). The number of aromatic nitrogens is 2. The number of benzene rings is 3. The summed E-state index contributed by atoms with van der Waals surface area (Å²) in [6.07, 6.45) is 0. The fraction of sp³-hybridized carbons (Fsp3) is 0.120. The second-order valence-corrected chi connectivity index (χ2v) is 7.90. The van der Waals surface area contributed by atoms with E-state index in [2.05, 4.69) is 10.2 Å². The average molecular weight is 424 g/mol. The largest absolute Gasteiger partial charge is 0.322 e. The van der Waals surface area contributed by atoms with Crippen LogP contribution in [0.25, 0.3) is 11.3 Å². The highest BCUT2D eigenvalue weighted by atomic mass is 16.6. The van der Waals surface area contributed by atoms with Gasteiger partial charge in [-0.05, 0) is 30.2 Å². The first-order valence-electron chi connectivity index (χ1n) is 10.3. The van der Waals surface area contributed by atoms with E-state index in [9.17, 15) is 14.9 Å². The first-order chi connectivity index (χ1) is 15.5. The quantitative estimate of drug-likeness (QED) is 0.359. The fourth-order valence-electron chi connectivity index (χ4n) is 4.19. The minimum atomic E-state index is -0.424. The lowest BCUT2D eigenvalue weighted by Gasteiger charge is -2.26. The van der Waals surface area contributed by atoms with Crippen LogP contribution in [0.2, 0.25) is 0 Å². The third-order valence-electron chi connectivity index (χ3n) is 5.80. The molecule has 1 aliphatic heterocycles. The molecule has 158 valence electrons. The molecule has 0 fully saturated rings. The lowest BCUT2D eigenvalue weighted by molar-refractivity contribution is -0.384. The predicted octanol–water partition coefficient (Wildman–Crippen LogP) is 5.04. The van der Waals surface area contributed by atoms with E-state index >= 15 is 0 Å². The topological polar surface area (TPSA) is 92.1 Å². The molecule has 0 spiro atoms. The van der Waals surface area contributed by atoms with Crippen molar-refractivity contribution in [2.75, 3.05) is 0 Å². The van der Waals surface area contributed by atoms with Crippen LogP contribution in [0, 0.1) is 17.0 Å². The van der Waals surface area contributed by atoms with Crippen molar-refractivity contribution in [1.82, 2.24) is 15.1 Å². The van der Waals surface area contributed by atoms with E-state index in [1.165, 1.54) is 12.1 Å². The molecule has 1 atom stereocenters. The number of non-ortho nitro benzene ring substituents is 1. The Hall–Kier alpha value is -4.26. The lowest BCUT2D eigenvalue weighted by atomic mass is 9.95. The zero-order chi connectivity index (χ0) is 22.2. The van der Waals surface area contributed by atoms with Crippen LogP contribution in [0.4, 0.5) is 5.69 Å². The Bertz CT molecular complexity index is 1300. The first-order valence-corrected chi connectivity index (χ1v) is 10.3. The van der Waals surface area contributed by atoms with Crippen LogP contribution in [0.5, 0.6) is 0 Å². The maximum atomic E-state index is 13.4. The van der Waals surface area contributed by atoms with Crippen LogP contribution >= 0.6 is 0 Å². The lowest BCUT2D eigenvalue weighted by Crippen LogP contribution is -2.29. The van der Waals surface area contributed by atoms with E-state index in [1.54, 1.807) is 17.0 Å². The molecule has 1 aromatic heterocycles. The summed E-state index contributed by atoms with van der Waals surface area (Å²) in [5.74, 6) is -0.140. The molecule has 0 radical (unpaired) electrons. The monoisotopic (exact) mass is 424 g/mol. The van der Waals surface area contributed by atoms with Gasteiger partial charge in [0, 0.05) is 29.8 Å². The number of hydrogen-bond donors (Lipinski definition) is 1. The van der Waals surface area contributed by atoms with Gasteiger partial charge in [-0.3, -0.25) is 20.0 Å². The maximum Gasteiger partial charge on any atom is 0.273 e. The minimum absolute atomic E-state index is 0.0128. The zero-order valence-corrected chi connectivity index (χ0v) is 17.4. The molecule has 7 heteroatoms. The molecule has 3 aromatic carbocycles. The molecule has 0 saturated heterocycles. The molecule has 7 nitrogen and oxygen atoms in total. The maximum absolute atomic E-state index is 13.4. The summed E-state index contributed by atoms with van der Waals surface area (Å²) in [4.78, 5) is 25.9. The van der Waals surface area contributed by atoms with E-state index in [4.69, 9.17) is 0 Å². The average Bonchev–Trinajstić information content (AvgIpc) is 3.35. The molecule has 1 N–H and O–H groups in total. The van der Waals surface area contributed by atoms with Gasteiger partial charge >= 0.3 is 0 Å². The standard InChI is InChI=1S/C25H20N4O3/c1-16-7-9-17(10-8-16)15-28-24(19-11-13-20(14-12-19)29(31)32)21-22(18-5-3-2-4-6-18)26-27-23(21)25(28)30/h2-14,24H,15H2,1H3,(H,26,27). The fourth-order valence-corrected chi connectivity index (χ4v) is 4.19. The molecule has 0 saturated carbocycles. The van der Waals surface area contributed by atoms with Crippen LogP contribution in [0.1, 0.15) is 38.8 Å². The van der Waals surface area contributed by atoms with Gasteiger partial charge in [0.25, 0.3) is 11.6 Å². The third-order valence-corrected chi connectivity index (χ3v) is 5.80. The van der Waals surface area contributed by atoms with Gasteiger partial charge in [0.15, 0.2) is 0 Å². The van der Waals surface area contributed by atoms with Crippen LogP contribution < -0.4 is 0 Å². The number of rotatable bonds is 5. The number of amides is 1. The number of aromatic amines is 1. The molecule has 32 heavy (non-hydrogen) atoms. The summed E-state index contributed by atoms with van der Waals surface area (Å²) in [5.41, 5.74) is 5.84. The highest BCUT2D eigenvalue weighted by molar-refractivity contribution is 6.00. The molecular formula is C25H20N4O3. The summed E-state index contributed by atoms with van der Waals surface area (Å²) in [7, 11) is 0. The van der Waals surface area contributed by atoms with Crippen LogP contribution in [0.15, 0.2) is 78.9 Å². The second kappa shape index (κ2) is 7.77. The Morgan fingerprint density at radius 3 is 2.34 bits per heavy atom. The van der Waals surface area contributed by atoms with Crippen molar-refractivity contribution in [3.8, 4) is 11.3 Å². The number of nitro benzene ring substituents is 1. The van der Waals surface area contributed by atoms with Gasteiger partial charge in [-0.25, -0.2) is 0 Å². The summed E-state index contributed by atoms with van der Waals surface area (Å²) in [6, 6.07) is 23.7. The Labute approximate surface area is 184 Å². The molecular weight excluding hydrogens is 404 g/mol. The number of nitrogens with one attached hydrogen (secondary N) is 1. The van der Waals surface area contributed by atoms with Crippen molar-refractivity contribution in [2.45, 2.75) is 19.5 Å². The van der Waals surface area contributed by atoms with E-state index in [0.29, 0.717) is 17.9 Å². The number of H-pyrrole nitrogens is 1. The van der Waals surface area contributed by atoms with Crippen molar-refractivity contribution >= 4 is 11.6 Å². The number of fused-ring (bicyclic) bond motifs is 1. The minimum Gasteiger partial charge on any atom is -0.322 e. The van der Waals surface area contributed by atoms with Gasteiger partial charge in [-0.2, -0.15) is 5.10 Å². The summed E-state index contributed by atoms with van der Waals surface area (Å²) < 4.78 is 0. The third kappa shape index (κ3) is 3.33. The number of nitrogens with zero attached hydrogens (tertiary/aromatic N) is 3. The Kier molecular flexibility index (Phi) is 4.78. The summed E-state index contributed by atoms with van der Waals surface area (Å²) in [5, 5.41) is 18.5. The van der Waals surface area contributed by atoms with Crippen molar-refractivity contribution in [1.29, 1.82) is 0 Å². The molecule has 1 amide bonds. The van der Waals surface area contributed by atoms with Crippen molar-refractivity contribution < 1.29 is 9.72 Å². The second-order valence-electron chi connectivity index (χ2n) is 7.90. The Balaban J connectivity index is 1.63. The predicted molar refractivity (Wildman–Crippen MR) is 120 cm³/mol. The van der Waals surface area contributed by atoms with Crippen LogP contribution in [-0.2, 0) is 6.54 Å². The van der Waals surface area contributed by atoms with E-state index < -0.39 is 11.0 Å². The molecule has 4 aromatic rings. The Morgan fingerprint density at radius 1 is 1.00 bits per heavy atom. The highest BCUT2D eigenvalue weighted by Crippen LogP contribution is 2.43. The number of aryl methyl sites for hydroxylation is 1. The SMILES string of the molecule is Cc1ccc(CN2C(=O)c3[nH]nc(-c4ccccc4)c3C2c2ccc([N+](=O)[O-])cc2)cc1. The van der Waals surface area contributed by atoms with Gasteiger partial charge < -0.3 is 4.90 Å². The molecule has 2 heterocycles. The van der Waals surface area contributed by atoms with E-state index in [1.807, 2.05) is 61.5 Å². The number of carbonyl (C=O) groups is 1. The van der Waals surface area contributed by atoms with Crippen molar-refractivity contribution in [3.63, 3.8) is 0 Å². The highest BCUT2D eigenvalue weighted by Gasteiger charge is 2.42. The van der Waals surface area contributed by atoms with Gasteiger partial charge in [-0.15, -0.1) is 0 Å². The molecule has 0 bridgehead atoms.